The van der Waals surface area contributed by atoms with E-state index in [2.05, 4.69) is 0 Å². The fourth-order valence-electron chi connectivity index (χ4n) is 0.931. The van der Waals surface area contributed by atoms with Crippen LogP contribution in [0.2, 0.25) is 0 Å². The Morgan fingerprint density at radius 2 is 1.86 bits per heavy atom. The normalized spacial score (nSPS) is 13.3. The van der Waals surface area contributed by atoms with Crippen LogP contribution in [0.1, 0.15) is 20.8 Å². The highest BCUT2D eigenvalue weighted by atomic mass is 31.2. The summed E-state index contributed by atoms with van der Waals surface area (Å²) in [6.45, 7) is 4.73. The summed E-state index contributed by atoms with van der Waals surface area (Å²) in [7, 11) is -3.60. The molecule has 0 aromatic heterocycles. The number of carbonyl (C=O) groups excluding carboxylic acids is 1. The summed E-state index contributed by atoms with van der Waals surface area (Å²) in [6, 6.07) is 1.65. The SMILES string of the molecule is CCOP(=O)(OCC)[C@H](C#N)C(C)=O. The minimum absolute atomic E-state index is 0.142. The van der Waals surface area contributed by atoms with Crippen molar-refractivity contribution in [2.45, 2.75) is 26.4 Å². The van der Waals surface area contributed by atoms with Gasteiger partial charge in [0.05, 0.1) is 19.3 Å². The first-order valence-corrected chi connectivity index (χ1v) is 5.91. The Kier molecular flexibility index (Phi) is 5.63. The first kappa shape index (κ1) is 13.3. The van der Waals surface area contributed by atoms with E-state index in [0.717, 1.165) is 0 Å². The van der Waals surface area contributed by atoms with Crippen molar-refractivity contribution in [3.8, 4) is 6.07 Å². The highest BCUT2D eigenvalue weighted by Gasteiger charge is 2.39. The summed E-state index contributed by atoms with van der Waals surface area (Å²) in [5, 5.41) is 8.68. The van der Waals surface area contributed by atoms with Gasteiger partial charge in [0, 0.05) is 0 Å². The van der Waals surface area contributed by atoms with Gasteiger partial charge in [-0.3, -0.25) is 9.36 Å². The molecule has 0 aliphatic carbocycles. The number of hydrogen-bond acceptors (Lipinski definition) is 5. The Balaban J connectivity index is 4.88. The number of nitriles is 1. The number of carbonyl (C=O) groups is 1. The topological polar surface area (TPSA) is 76.4 Å². The van der Waals surface area contributed by atoms with Gasteiger partial charge in [-0.25, -0.2) is 0 Å². The number of nitrogens with zero attached hydrogens (tertiary/aromatic N) is 1. The Morgan fingerprint density at radius 3 is 2.07 bits per heavy atom. The van der Waals surface area contributed by atoms with Gasteiger partial charge in [0.25, 0.3) is 0 Å². The lowest BCUT2D eigenvalue weighted by Crippen LogP contribution is -2.19. The van der Waals surface area contributed by atoms with E-state index in [1.54, 1.807) is 19.9 Å². The Morgan fingerprint density at radius 1 is 1.43 bits per heavy atom. The summed E-state index contributed by atoms with van der Waals surface area (Å²) in [4.78, 5) is 11.0. The molecule has 0 rings (SSSR count). The van der Waals surface area contributed by atoms with Crippen LogP contribution >= 0.6 is 7.60 Å². The molecule has 0 fully saturated rings. The summed E-state index contributed by atoms with van der Waals surface area (Å²) in [5.74, 6) is -0.502. The first-order valence-electron chi connectivity index (χ1n) is 4.30. The van der Waals surface area contributed by atoms with E-state index in [1.807, 2.05) is 0 Å². The predicted molar refractivity (Wildman–Crippen MR) is 50.9 cm³/mol. The maximum absolute atomic E-state index is 11.9. The third-order valence-corrected chi connectivity index (χ3v) is 3.79. The highest BCUT2D eigenvalue weighted by Crippen LogP contribution is 2.52. The zero-order valence-corrected chi connectivity index (χ0v) is 9.41. The Bertz CT molecular complexity index is 274. The number of Topliss-reactive ketones (excluding diaryl/α,β-unsaturated/α-hetero) is 1. The van der Waals surface area contributed by atoms with Crippen molar-refractivity contribution in [2.75, 3.05) is 13.2 Å². The second kappa shape index (κ2) is 5.92. The van der Waals surface area contributed by atoms with Gasteiger partial charge in [-0.1, -0.05) is 0 Å². The summed E-state index contributed by atoms with van der Waals surface area (Å²) in [6.07, 6.45) is 0. The fourth-order valence-corrected chi connectivity index (χ4v) is 2.61. The van der Waals surface area contributed by atoms with Gasteiger partial charge >= 0.3 is 7.60 Å². The van der Waals surface area contributed by atoms with E-state index in [1.165, 1.54) is 6.92 Å². The Hall–Kier alpha value is -0.690. The van der Waals surface area contributed by atoms with Gasteiger partial charge < -0.3 is 9.05 Å². The van der Waals surface area contributed by atoms with Crippen LogP contribution in [0.5, 0.6) is 0 Å². The number of hydrogen-bond donors (Lipinski definition) is 0. The quantitative estimate of drug-likeness (QED) is 0.636. The molecule has 0 saturated heterocycles. The molecule has 14 heavy (non-hydrogen) atoms. The third-order valence-electron chi connectivity index (χ3n) is 1.44. The molecule has 0 unspecified atom stereocenters. The zero-order valence-electron chi connectivity index (χ0n) is 8.52. The van der Waals surface area contributed by atoms with Crippen molar-refractivity contribution in [3.05, 3.63) is 0 Å². The van der Waals surface area contributed by atoms with Crippen LogP contribution in [-0.2, 0) is 18.4 Å². The molecule has 0 heterocycles. The van der Waals surface area contributed by atoms with Crippen molar-refractivity contribution in [1.82, 2.24) is 0 Å². The maximum Gasteiger partial charge on any atom is 0.355 e. The van der Waals surface area contributed by atoms with Gasteiger partial charge in [-0.2, -0.15) is 5.26 Å². The molecule has 1 atom stereocenters. The second-order valence-corrected chi connectivity index (χ2v) is 4.63. The van der Waals surface area contributed by atoms with E-state index < -0.39 is 19.0 Å². The molecule has 0 aromatic carbocycles. The lowest BCUT2D eigenvalue weighted by Gasteiger charge is -2.19. The van der Waals surface area contributed by atoms with Crippen LogP contribution in [0.3, 0.4) is 0 Å². The molecule has 0 spiro atoms. The molecule has 5 nitrogen and oxygen atoms in total. The van der Waals surface area contributed by atoms with Gasteiger partial charge in [-0.05, 0) is 20.8 Å². The molecule has 0 aromatic rings. The summed E-state index contributed by atoms with van der Waals surface area (Å²) in [5.41, 5.74) is -1.32. The van der Waals surface area contributed by atoms with Crippen molar-refractivity contribution >= 4 is 13.4 Å². The molecule has 0 radical (unpaired) electrons. The fraction of sp³-hybridized carbons (Fsp3) is 0.750. The monoisotopic (exact) mass is 219 g/mol. The van der Waals surface area contributed by atoms with Crippen LogP contribution < -0.4 is 0 Å². The molecule has 0 aliphatic heterocycles. The van der Waals surface area contributed by atoms with Crippen molar-refractivity contribution in [3.63, 3.8) is 0 Å². The minimum Gasteiger partial charge on any atom is -0.308 e. The molecule has 0 amide bonds. The highest BCUT2D eigenvalue weighted by molar-refractivity contribution is 7.56. The molecular formula is C8H14NO4P. The van der Waals surface area contributed by atoms with Crippen LogP contribution in [0.15, 0.2) is 0 Å². The van der Waals surface area contributed by atoms with Crippen LogP contribution in [0, 0.1) is 11.3 Å². The second-order valence-electron chi connectivity index (χ2n) is 2.52. The first-order chi connectivity index (χ1) is 6.51. The van der Waals surface area contributed by atoms with Gasteiger partial charge in [0.15, 0.2) is 5.78 Å². The standard InChI is InChI=1S/C8H14NO4P/c1-4-12-14(11,13-5-2)8(6-9)7(3)10/h8H,4-5H2,1-3H3/t8-/m1/s1. The predicted octanol–water partition coefficient (Wildman–Crippen LogP) is 1.73. The molecule has 0 aliphatic rings. The van der Waals surface area contributed by atoms with E-state index in [-0.39, 0.29) is 13.2 Å². The van der Waals surface area contributed by atoms with Crippen LogP contribution in [0.4, 0.5) is 0 Å². The largest absolute Gasteiger partial charge is 0.355 e. The Labute approximate surface area is 83.5 Å². The third kappa shape index (κ3) is 3.22. The molecule has 0 bridgehead atoms. The van der Waals surface area contributed by atoms with Gasteiger partial charge in [0.1, 0.15) is 0 Å². The van der Waals surface area contributed by atoms with E-state index in [4.69, 9.17) is 14.3 Å². The van der Waals surface area contributed by atoms with Gasteiger partial charge in [-0.15, -0.1) is 0 Å². The average Bonchev–Trinajstić information content (AvgIpc) is 2.04. The summed E-state index contributed by atoms with van der Waals surface area (Å²) >= 11 is 0. The van der Waals surface area contributed by atoms with Crippen molar-refractivity contribution in [1.29, 1.82) is 5.26 Å². The lowest BCUT2D eigenvalue weighted by atomic mass is 10.3. The molecule has 6 heteroatoms. The molecule has 0 N–H and O–H groups in total. The number of rotatable bonds is 6. The van der Waals surface area contributed by atoms with Crippen molar-refractivity contribution in [2.24, 2.45) is 0 Å². The van der Waals surface area contributed by atoms with Crippen LogP contribution in [0.25, 0.3) is 0 Å². The zero-order chi connectivity index (χ0) is 11.2. The molecular weight excluding hydrogens is 205 g/mol. The van der Waals surface area contributed by atoms with E-state index in [9.17, 15) is 9.36 Å². The minimum atomic E-state index is -3.60. The number of ketones is 1. The maximum atomic E-state index is 11.9. The molecule has 80 valence electrons. The van der Waals surface area contributed by atoms with E-state index in [0.29, 0.717) is 0 Å². The van der Waals surface area contributed by atoms with Crippen LogP contribution in [-0.4, -0.2) is 24.7 Å². The smallest absolute Gasteiger partial charge is 0.308 e. The summed E-state index contributed by atoms with van der Waals surface area (Å²) < 4.78 is 21.6. The van der Waals surface area contributed by atoms with Gasteiger partial charge in [0.2, 0.25) is 5.66 Å². The van der Waals surface area contributed by atoms with E-state index >= 15 is 0 Å². The molecule has 0 saturated carbocycles. The van der Waals surface area contributed by atoms with Crippen molar-refractivity contribution < 1.29 is 18.4 Å². The lowest BCUT2D eigenvalue weighted by molar-refractivity contribution is -0.116. The average molecular weight is 219 g/mol.